The van der Waals surface area contributed by atoms with Gasteiger partial charge >= 0.3 is 12.2 Å². The van der Waals surface area contributed by atoms with Crippen LogP contribution in [0.3, 0.4) is 0 Å². The zero-order valence-corrected chi connectivity index (χ0v) is 18.5. The van der Waals surface area contributed by atoms with Crippen LogP contribution in [0.4, 0.5) is 15.5 Å². The van der Waals surface area contributed by atoms with E-state index in [-0.39, 0.29) is 23.8 Å². The molecule has 0 aliphatic heterocycles. The molecule has 30 heavy (non-hydrogen) atoms. The van der Waals surface area contributed by atoms with E-state index in [9.17, 15) is 14.7 Å². The quantitative estimate of drug-likeness (QED) is 0.444. The second kappa shape index (κ2) is 10.2. The average molecular weight is 436 g/mol. The number of carbonyl (C=O) groups is 2. The molecule has 1 aromatic heterocycles. The Morgan fingerprint density at radius 3 is 2.53 bits per heavy atom. The summed E-state index contributed by atoms with van der Waals surface area (Å²) in [7, 11) is 0. The lowest BCUT2D eigenvalue weighted by Crippen LogP contribution is -2.38. The number of benzene rings is 1. The Bertz CT molecular complexity index is 933. The topological polar surface area (TPSA) is 102 Å². The van der Waals surface area contributed by atoms with Crippen molar-refractivity contribution in [2.45, 2.75) is 53.6 Å². The van der Waals surface area contributed by atoms with Crippen molar-refractivity contribution < 1.29 is 24.2 Å². The van der Waals surface area contributed by atoms with Crippen LogP contribution in [0.5, 0.6) is 5.75 Å². The van der Waals surface area contributed by atoms with Crippen molar-refractivity contribution in [3.63, 3.8) is 0 Å². The van der Waals surface area contributed by atoms with Gasteiger partial charge in [-0.1, -0.05) is 37.1 Å². The molecule has 0 fully saturated rings. The Morgan fingerprint density at radius 2 is 1.93 bits per heavy atom. The minimum atomic E-state index is -1.56. The normalized spacial score (nSPS) is 10.8. The first kappa shape index (κ1) is 23.4. The predicted molar refractivity (Wildman–Crippen MR) is 114 cm³/mol. The number of imide groups is 1. The highest BCUT2D eigenvalue weighted by Crippen LogP contribution is 2.37. The number of hydrogen-bond acceptors (Lipinski definition) is 6. The van der Waals surface area contributed by atoms with E-state index in [1.165, 1.54) is 0 Å². The van der Waals surface area contributed by atoms with Gasteiger partial charge in [0.2, 0.25) is 5.95 Å². The number of unbranched alkanes of at least 4 members (excludes halogenated alkanes) is 1. The molecule has 1 N–H and O–H groups in total. The summed E-state index contributed by atoms with van der Waals surface area (Å²) in [5.41, 5.74) is 2.42. The third-order valence-electron chi connectivity index (χ3n) is 4.21. The number of nitrogens with zero attached hydrogens (tertiary/aromatic N) is 3. The Morgan fingerprint density at radius 1 is 1.23 bits per heavy atom. The van der Waals surface area contributed by atoms with E-state index in [1.807, 2.05) is 39.8 Å². The van der Waals surface area contributed by atoms with Crippen LogP contribution in [0.25, 0.3) is 11.3 Å². The van der Waals surface area contributed by atoms with E-state index >= 15 is 0 Å². The largest absolute Gasteiger partial charge is 0.490 e. The van der Waals surface area contributed by atoms with Crippen LogP contribution in [0, 0.1) is 13.8 Å². The molecule has 2 aromatic rings. The number of amides is 2. The Balaban J connectivity index is 2.60. The summed E-state index contributed by atoms with van der Waals surface area (Å²) < 4.78 is 10.9. The van der Waals surface area contributed by atoms with E-state index in [0.29, 0.717) is 33.9 Å². The summed E-state index contributed by atoms with van der Waals surface area (Å²) in [6.07, 6.45) is -1.33. The van der Waals surface area contributed by atoms with Gasteiger partial charge in [0.05, 0.1) is 18.4 Å². The van der Waals surface area contributed by atoms with Crippen molar-refractivity contribution in [1.82, 2.24) is 9.97 Å². The van der Waals surface area contributed by atoms with Crippen molar-refractivity contribution in [2.24, 2.45) is 0 Å². The first-order chi connectivity index (χ1) is 14.2. The molecule has 0 aliphatic carbocycles. The van der Waals surface area contributed by atoms with Gasteiger partial charge < -0.3 is 14.6 Å². The van der Waals surface area contributed by atoms with Gasteiger partial charge in [-0.25, -0.2) is 14.6 Å². The van der Waals surface area contributed by atoms with E-state index in [1.54, 1.807) is 13.0 Å². The summed E-state index contributed by atoms with van der Waals surface area (Å²) in [6, 6.07) is 5.53. The Kier molecular flexibility index (Phi) is 8.00. The second-order valence-electron chi connectivity index (χ2n) is 6.99. The number of carboxylic acid groups (broad SMARTS) is 1. The number of hydrogen-bond donors (Lipinski definition) is 1. The van der Waals surface area contributed by atoms with Crippen LogP contribution >= 0.6 is 11.6 Å². The van der Waals surface area contributed by atoms with Gasteiger partial charge in [0, 0.05) is 11.1 Å². The van der Waals surface area contributed by atoms with Gasteiger partial charge in [-0.15, -0.1) is 4.90 Å². The molecule has 2 amide bonds. The SMILES string of the molecule is CCCCOC(=O)N(C(=O)O)c1nc(Cl)c(C)c(-c2c(C)cccc2OC(C)C)n1. The molecular formula is C21H26ClN3O5. The summed E-state index contributed by atoms with van der Waals surface area (Å²) in [5, 5.41) is 9.61. The summed E-state index contributed by atoms with van der Waals surface area (Å²) in [5.74, 6) is 0.189. The monoisotopic (exact) mass is 435 g/mol. The summed E-state index contributed by atoms with van der Waals surface area (Å²) in [4.78, 5) is 32.9. The fourth-order valence-electron chi connectivity index (χ4n) is 2.73. The number of carbonyl (C=O) groups excluding carboxylic acids is 1. The molecule has 9 heteroatoms. The number of anilines is 1. The molecule has 162 valence electrons. The third-order valence-corrected chi connectivity index (χ3v) is 4.57. The van der Waals surface area contributed by atoms with Crippen LogP contribution in [-0.2, 0) is 4.74 Å². The number of aryl methyl sites for hydroxylation is 1. The highest BCUT2D eigenvalue weighted by atomic mass is 35.5. The van der Waals surface area contributed by atoms with Crippen LogP contribution < -0.4 is 9.64 Å². The van der Waals surface area contributed by atoms with Gasteiger partial charge in [-0.3, -0.25) is 0 Å². The minimum absolute atomic E-state index is 0.0290. The zero-order chi connectivity index (χ0) is 22.4. The zero-order valence-electron chi connectivity index (χ0n) is 17.7. The summed E-state index contributed by atoms with van der Waals surface area (Å²) >= 11 is 6.30. The lowest BCUT2D eigenvalue weighted by atomic mass is 10.0. The van der Waals surface area contributed by atoms with E-state index in [2.05, 4.69) is 9.97 Å². The molecular weight excluding hydrogens is 410 g/mol. The lowest BCUT2D eigenvalue weighted by molar-refractivity contribution is 0.147. The first-order valence-corrected chi connectivity index (χ1v) is 10.1. The number of halogens is 1. The number of ether oxygens (including phenoxy) is 2. The maximum Gasteiger partial charge on any atom is 0.426 e. The van der Waals surface area contributed by atoms with Crippen molar-refractivity contribution >= 4 is 29.7 Å². The van der Waals surface area contributed by atoms with Crippen molar-refractivity contribution in [1.29, 1.82) is 0 Å². The number of aromatic nitrogens is 2. The second-order valence-corrected chi connectivity index (χ2v) is 7.35. The first-order valence-electron chi connectivity index (χ1n) is 9.67. The molecule has 0 spiro atoms. The van der Waals surface area contributed by atoms with Crippen LogP contribution in [-0.4, -0.2) is 40.0 Å². The highest BCUT2D eigenvalue weighted by molar-refractivity contribution is 6.30. The van der Waals surface area contributed by atoms with Gasteiger partial charge in [-0.2, -0.15) is 4.98 Å². The predicted octanol–water partition coefficient (Wildman–Crippen LogP) is 5.62. The molecule has 0 atom stereocenters. The Labute approximate surface area is 180 Å². The third kappa shape index (κ3) is 5.38. The molecule has 0 radical (unpaired) electrons. The number of rotatable bonds is 7. The standard InChI is InChI=1S/C21H26ClN3O5/c1-6-7-11-29-21(28)25(20(26)27)19-23-17(14(5)18(22)24-19)16-13(4)9-8-10-15(16)30-12(2)3/h8-10,12H,6-7,11H2,1-5H3,(H,26,27). The lowest BCUT2D eigenvalue weighted by Gasteiger charge is -2.20. The molecule has 2 rings (SSSR count). The molecule has 0 bridgehead atoms. The van der Waals surface area contributed by atoms with Gasteiger partial charge in [0.15, 0.2) is 0 Å². The van der Waals surface area contributed by atoms with E-state index < -0.39 is 12.2 Å². The van der Waals surface area contributed by atoms with Crippen molar-refractivity contribution in [3.8, 4) is 17.0 Å². The fourth-order valence-corrected chi connectivity index (χ4v) is 2.90. The maximum absolute atomic E-state index is 12.4. The average Bonchev–Trinajstić information content (AvgIpc) is 2.64. The van der Waals surface area contributed by atoms with Gasteiger partial charge in [0.25, 0.3) is 0 Å². The molecule has 1 aromatic carbocycles. The highest BCUT2D eigenvalue weighted by Gasteiger charge is 2.30. The summed E-state index contributed by atoms with van der Waals surface area (Å²) in [6.45, 7) is 9.42. The van der Waals surface area contributed by atoms with Crippen LogP contribution in [0.15, 0.2) is 18.2 Å². The molecule has 0 unspecified atom stereocenters. The van der Waals surface area contributed by atoms with Gasteiger partial charge in [-0.05, 0) is 45.7 Å². The molecule has 8 nitrogen and oxygen atoms in total. The minimum Gasteiger partial charge on any atom is -0.490 e. The molecule has 0 saturated heterocycles. The van der Waals surface area contributed by atoms with Crippen LogP contribution in [0.2, 0.25) is 5.15 Å². The van der Waals surface area contributed by atoms with E-state index in [4.69, 9.17) is 21.1 Å². The fraction of sp³-hybridized carbons (Fsp3) is 0.429. The molecule has 0 aliphatic rings. The Hall–Kier alpha value is -2.87. The maximum atomic E-state index is 12.4. The van der Waals surface area contributed by atoms with Crippen molar-refractivity contribution in [2.75, 3.05) is 11.5 Å². The molecule has 1 heterocycles. The van der Waals surface area contributed by atoms with Crippen LogP contribution in [0.1, 0.15) is 44.7 Å². The van der Waals surface area contributed by atoms with E-state index in [0.717, 1.165) is 12.0 Å². The van der Waals surface area contributed by atoms with Crippen molar-refractivity contribution in [3.05, 3.63) is 34.5 Å². The smallest absolute Gasteiger partial charge is 0.426 e. The molecule has 0 saturated carbocycles. The van der Waals surface area contributed by atoms with Gasteiger partial charge in [0.1, 0.15) is 10.9 Å².